The zero-order valence-corrected chi connectivity index (χ0v) is 15.1. The lowest BCUT2D eigenvalue weighted by Crippen LogP contribution is -2.14. The first kappa shape index (κ1) is 17.1. The fourth-order valence-electron chi connectivity index (χ4n) is 2.98. The van der Waals surface area contributed by atoms with Crippen molar-refractivity contribution in [2.24, 2.45) is 0 Å². The third-order valence-electron chi connectivity index (χ3n) is 4.12. The molecule has 0 radical (unpaired) electrons. The predicted octanol–water partition coefficient (Wildman–Crippen LogP) is 4.75. The molecule has 3 aromatic rings. The highest BCUT2D eigenvalue weighted by Crippen LogP contribution is 2.24. The summed E-state index contributed by atoms with van der Waals surface area (Å²) >= 11 is 0. The number of amides is 1. The van der Waals surface area contributed by atoms with Crippen molar-refractivity contribution in [3.8, 4) is 5.75 Å². The maximum absolute atomic E-state index is 12.5. The Morgan fingerprint density at radius 3 is 2.52 bits per heavy atom. The molecule has 0 unspecified atom stereocenters. The molecule has 1 aromatic heterocycles. The summed E-state index contributed by atoms with van der Waals surface area (Å²) in [7, 11) is 0. The molecule has 2 aromatic carbocycles. The monoisotopic (exact) mass is 336 g/mol. The number of benzene rings is 2. The molecule has 4 heteroatoms. The number of hydrogen-bond acceptors (Lipinski definition) is 2. The van der Waals surface area contributed by atoms with E-state index in [9.17, 15) is 4.79 Å². The zero-order chi connectivity index (χ0) is 18.0. The Labute approximate surface area is 148 Å². The van der Waals surface area contributed by atoms with E-state index in [1.807, 2.05) is 45.0 Å². The van der Waals surface area contributed by atoms with Crippen LogP contribution in [0.2, 0.25) is 0 Å². The maximum Gasteiger partial charge on any atom is 0.228 e. The lowest BCUT2D eigenvalue weighted by atomic mass is 10.1. The summed E-state index contributed by atoms with van der Waals surface area (Å²) in [5.74, 6) is 0.777. The summed E-state index contributed by atoms with van der Waals surface area (Å²) < 4.78 is 5.62. The first-order chi connectivity index (χ1) is 11.9. The zero-order valence-electron chi connectivity index (χ0n) is 15.1. The molecule has 0 aliphatic heterocycles. The molecule has 0 atom stereocenters. The summed E-state index contributed by atoms with van der Waals surface area (Å²) in [5.41, 5.74) is 5.12. The van der Waals surface area contributed by atoms with E-state index >= 15 is 0 Å². The largest absolute Gasteiger partial charge is 0.491 e. The molecule has 0 spiro atoms. The summed E-state index contributed by atoms with van der Waals surface area (Å²) in [6, 6.07) is 13.7. The van der Waals surface area contributed by atoms with Gasteiger partial charge in [-0.05, 0) is 69.7 Å². The van der Waals surface area contributed by atoms with Crippen molar-refractivity contribution < 1.29 is 9.53 Å². The highest BCUT2D eigenvalue weighted by atomic mass is 16.5. The summed E-state index contributed by atoms with van der Waals surface area (Å²) in [5, 5.41) is 4.08. The van der Waals surface area contributed by atoms with Gasteiger partial charge in [-0.1, -0.05) is 11.6 Å². The van der Waals surface area contributed by atoms with Gasteiger partial charge in [0.05, 0.1) is 12.5 Å². The minimum atomic E-state index is -0.0250. The number of aromatic amines is 1. The van der Waals surface area contributed by atoms with Crippen LogP contribution in [0.1, 0.15) is 30.7 Å². The Kier molecular flexibility index (Phi) is 4.79. The van der Waals surface area contributed by atoms with Crippen LogP contribution < -0.4 is 10.1 Å². The van der Waals surface area contributed by atoms with E-state index in [0.717, 1.165) is 33.6 Å². The molecule has 1 heterocycles. The number of aryl methyl sites for hydroxylation is 2. The first-order valence-electron chi connectivity index (χ1n) is 8.57. The van der Waals surface area contributed by atoms with E-state index in [-0.39, 0.29) is 12.0 Å². The third kappa shape index (κ3) is 4.02. The van der Waals surface area contributed by atoms with Crippen LogP contribution in [-0.4, -0.2) is 17.0 Å². The average molecular weight is 336 g/mol. The van der Waals surface area contributed by atoms with Crippen LogP contribution in [0.15, 0.2) is 42.5 Å². The quantitative estimate of drug-likeness (QED) is 0.706. The number of hydrogen-bond donors (Lipinski definition) is 2. The SMILES string of the molecule is Cc1ccc2[nH]c(C)c(CC(=O)Nc3ccc(OC(C)C)cc3)c2c1. The van der Waals surface area contributed by atoms with Crippen molar-refractivity contribution in [2.45, 2.75) is 40.2 Å². The highest BCUT2D eigenvalue weighted by Gasteiger charge is 2.13. The second kappa shape index (κ2) is 7.01. The number of H-pyrrole nitrogens is 1. The maximum atomic E-state index is 12.5. The molecular weight excluding hydrogens is 312 g/mol. The standard InChI is InChI=1S/C21H24N2O2/c1-13(2)25-17-8-6-16(7-9-17)23-21(24)12-18-15(4)22-20-10-5-14(3)11-19(18)20/h5-11,13,22H,12H2,1-4H3,(H,23,24). The molecule has 25 heavy (non-hydrogen) atoms. The number of anilines is 1. The molecule has 0 aliphatic rings. The van der Waals surface area contributed by atoms with Crippen LogP contribution in [0, 0.1) is 13.8 Å². The Bertz CT molecular complexity index is 892. The molecule has 1 amide bonds. The molecule has 0 bridgehead atoms. The van der Waals surface area contributed by atoms with E-state index in [1.165, 1.54) is 5.56 Å². The van der Waals surface area contributed by atoms with Gasteiger partial charge in [-0.2, -0.15) is 0 Å². The lowest BCUT2D eigenvalue weighted by molar-refractivity contribution is -0.115. The van der Waals surface area contributed by atoms with E-state index in [0.29, 0.717) is 6.42 Å². The summed E-state index contributed by atoms with van der Waals surface area (Å²) in [6.07, 6.45) is 0.480. The molecule has 2 N–H and O–H groups in total. The number of carbonyl (C=O) groups excluding carboxylic acids is 1. The van der Waals surface area contributed by atoms with Gasteiger partial charge in [-0.25, -0.2) is 0 Å². The normalized spacial score (nSPS) is 11.1. The van der Waals surface area contributed by atoms with Gasteiger partial charge in [-0.3, -0.25) is 4.79 Å². The van der Waals surface area contributed by atoms with Crippen molar-refractivity contribution >= 4 is 22.5 Å². The number of aromatic nitrogens is 1. The van der Waals surface area contributed by atoms with E-state index in [2.05, 4.69) is 35.4 Å². The van der Waals surface area contributed by atoms with Crippen molar-refractivity contribution in [1.29, 1.82) is 0 Å². The number of rotatable bonds is 5. The number of ether oxygens (including phenoxy) is 1. The average Bonchev–Trinajstić information content (AvgIpc) is 2.84. The van der Waals surface area contributed by atoms with Crippen LogP contribution in [0.3, 0.4) is 0 Å². The molecule has 130 valence electrons. The fourth-order valence-corrected chi connectivity index (χ4v) is 2.98. The number of nitrogens with one attached hydrogen (secondary N) is 2. The summed E-state index contributed by atoms with van der Waals surface area (Å²) in [4.78, 5) is 15.8. The molecule has 4 nitrogen and oxygen atoms in total. The fraction of sp³-hybridized carbons (Fsp3) is 0.286. The first-order valence-corrected chi connectivity index (χ1v) is 8.57. The second-order valence-corrected chi connectivity index (χ2v) is 6.69. The number of fused-ring (bicyclic) bond motifs is 1. The Hall–Kier alpha value is -2.75. The van der Waals surface area contributed by atoms with Crippen molar-refractivity contribution in [3.63, 3.8) is 0 Å². The Morgan fingerprint density at radius 2 is 1.84 bits per heavy atom. The van der Waals surface area contributed by atoms with E-state index < -0.39 is 0 Å². The topological polar surface area (TPSA) is 54.1 Å². The van der Waals surface area contributed by atoms with Gasteiger partial charge < -0.3 is 15.0 Å². The predicted molar refractivity (Wildman–Crippen MR) is 102 cm³/mol. The highest BCUT2D eigenvalue weighted by molar-refractivity contribution is 5.96. The van der Waals surface area contributed by atoms with Gasteiger partial charge >= 0.3 is 0 Å². The van der Waals surface area contributed by atoms with Crippen LogP contribution >= 0.6 is 0 Å². The minimum absolute atomic E-state index is 0.0250. The van der Waals surface area contributed by atoms with Gasteiger partial charge in [0.1, 0.15) is 5.75 Å². The van der Waals surface area contributed by atoms with E-state index in [4.69, 9.17) is 4.74 Å². The molecule has 3 rings (SSSR count). The Morgan fingerprint density at radius 1 is 1.12 bits per heavy atom. The molecule has 0 fully saturated rings. The van der Waals surface area contributed by atoms with Crippen molar-refractivity contribution in [2.75, 3.05) is 5.32 Å². The van der Waals surface area contributed by atoms with Crippen molar-refractivity contribution in [3.05, 3.63) is 59.3 Å². The number of carbonyl (C=O) groups is 1. The van der Waals surface area contributed by atoms with E-state index in [1.54, 1.807) is 0 Å². The molecule has 0 saturated carbocycles. The van der Waals surface area contributed by atoms with Crippen LogP contribution in [-0.2, 0) is 11.2 Å². The van der Waals surface area contributed by atoms with Crippen LogP contribution in [0.25, 0.3) is 10.9 Å². The second-order valence-electron chi connectivity index (χ2n) is 6.69. The van der Waals surface area contributed by atoms with Gasteiger partial charge in [0, 0.05) is 22.3 Å². The van der Waals surface area contributed by atoms with Crippen molar-refractivity contribution in [1.82, 2.24) is 4.98 Å². The molecular formula is C21H24N2O2. The summed E-state index contributed by atoms with van der Waals surface area (Å²) in [6.45, 7) is 8.05. The Balaban J connectivity index is 1.72. The van der Waals surface area contributed by atoms with Gasteiger partial charge in [0.25, 0.3) is 0 Å². The van der Waals surface area contributed by atoms with Gasteiger partial charge in [0.2, 0.25) is 5.91 Å². The van der Waals surface area contributed by atoms with Crippen LogP contribution in [0.5, 0.6) is 5.75 Å². The minimum Gasteiger partial charge on any atom is -0.491 e. The van der Waals surface area contributed by atoms with Gasteiger partial charge in [0.15, 0.2) is 0 Å². The molecule has 0 aliphatic carbocycles. The smallest absolute Gasteiger partial charge is 0.228 e. The third-order valence-corrected chi connectivity index (χ3v) is 4.12. The van der Waals surface area contributed by atoms with Gasteiger partial charge in [-0.15, -0.1) is 0 Å². The lowest BCUT2D eigenvalue weighted by Gasteiger charge is -2.11. The molecule has 0 saturated heterocycles. The van der Waals surface area contributed by atoms with Crippen LogP contribution in [0.4, 0.5) is 5.69 Å².